The number of hydrogen-bond acceptors (Lipinski definition) is 4. The fourth-order valence-corrected chi connectivity index (χ4v) is 2.06. The number of rotatable bonds is 7. The van der Waals surface area contributed by atoms with Gasteiger partial charge in [0, 0.05) is 20.7 Å². The lowest BCUT2D eigenvalue weighted by Gasteiger charge is -2.24. The van der Waals surface area contributed by atoms with Crippen LogP contribution in [0.1, 0.15) is 31.1 Å². The van der Waals surface area contributed by atoms with Crippen LogP contribution in [0.15, 0.2) is 35.3 Å². The third-order valence-corrected chi connectivity index (χ3v) is 4.09. The van der Waals surface area contributed by atoms with Crippen LogP contribution < -0.4 is 10.6 Å². The standard InChI is InChI=1S/C18H28N6O/c1-14-22-23-16(24(14)4)12-20-17(21-13-18(2,3)25-5)19-11-15-9-7-6-8-10-15/h6-10H,11-13H2,1-5H3,(H2,19,20,21). The summed E-state index contributed by atoms with van der Waals surface area (Å²) in [5.41, 5.74) is 0.875. The van der Waals surface area contributed by atoms with Gasteiger partial charge in [-0.2, -0.15) is 0 Å². The normalized spacial score (nSPS) is 12.3. The van der Waals surface area contributed by atoms with Gasteiger partial charge in [0.25, 0.3) is 0 Å². The Kier molecular flexibility index (Phi) is 6.52. The van der Waals surface area contributed by atoms with Gasteiger partial charge in [-0.25, -0.2) is 4.99 Å². The molecule has 1 aromatic carbocycles. The third kappa shape index (κ3) is 5.86. The van der Waals surface area contributed by atoms with Gasteiger partial charge in [-0.15, -0.1) is 10.2 Å². The van der Waals surface area contributed by atoms with Crippen LogP contribution >= 0.6 is 0 Å². The molecule has 1 heterocycles. The molecule has 0 aliphatic heterocycles. The van der Waals surface area contributed by atoms with Gasteiger partial charge < -0.3 is 19.9 Å². The molecule has 0 saturated heterocycles. The van der Waals surface area contributed by atoms with Gasteiger partial charge in [0.15, 0.2) is 11.8 Å². The fraction of sp³-hybridized carbons (Fsp3) is 0.500. The Labute approximate surface area is 149 Å². The van der Waals surface area contributed by atoms with Gasteiger partial charge in [0.1, 0.15) is 5.82 Å². The van der Waals surface area contributed by atoms with E-state index in [1.807, 2.05) is 50.6 Å². The molecule has 0 spiro atoms. The SMILES string of the molecule is COC(C)(C)CNC(=NCc1ccccc1)NCc1nnc(C)n1C. The van der Waals surface area contributed by atoms with Gasteiger partial charge in [0.05, 0.1) is 18.7 Å². The van der Waals surface area contributed by atoms with Crippen molar-refractivity contribution in [3.05, 3.63) is 47.5 Å². The van der Waals surface area contributed by atoms with Crippen LogP contribution in [0.25, 0.3) is 0 Å². The minimum Gasteiger partial charge on any atom is -0.377 e. The molecule has 25 heavy (non-hydrogen) atoms. The maximum absolute atomic E-state index is 5.46. The summed E-state index contributed by atoms with van der Waals surface area (Å²) < 4.78 is 7.42. The Morgan fingerprint density at radius 2 is 1.92 bits per heavy atom. The Morgan fingerprint density at radius 1 is 1.20 bits per heavy atom. The molecule has 0 atom stereocenters. The summed E-state index contributed by atoms with van der Waals surface area (Å²) in [7, 11) is 3.66. The number of methoxy groups -OCH3 is 1. The van der Waals surface area contributed by atoms with Crippen molar-refractivity contribution >= 4 is 5.96 Å². The quantitative estimate of drug-likeness (QED) is 0.591. The van der Waals surface area contributed by atoms with Gasteiger partial charge in [-0.1, -0.05) is 30.3 Å². The summed E-state index contributed by atoms with van der Waals surface area (Å²) in [4.78, 5) is 4.66. The second-order valence-corrected chi connectivity index (χ2v) is 6.54. The Hall–Kier alpha value is -2.41. The summed E-state index contributed by atoms with van der Waals surface area (Å²) in [5, 5.41) is 14.9. The van der Waals surface area contributed by atoms with E-state index in [0.717, 1.165) is 23.2 Å². The van der Waals surface area contributed by atoms with Crippen LogP contribution in [0.4, 0.5) is 0 Å². The summed E-state index contributed by atoms with van der Waals surface area (Å²) in [6.45, 7) is 7.77. The number of nitrogens with zero attached hydrogens (tertiary/aromatic N) is 4. The molecule has 0 fully saturated rings. The molecule has 0 aliphatic carbocycles. The van der Waals surface area contributed by atoms with Crippen LogP contribution in [-0.2, 0) is 24.9 Å². The number of nitrogens with one attached hydrogen (secondary N) is 2. The molecule has 0 saturated carbocycles. The Balaban J connectivity index is 2.03. The van der Waals surface area contributed by atoms with E-state index in [1.165, 1.54) is 0 Å². The molecule has 1 aromatic heterocycles. The molecule has 0 radical (unpaired) electrons. The number of guanidine groups is 1. The summed E-state index contributed by atoms with van der Waals surface area (Å²) >= 11 is 0. The van der Waals surface area contributed by atoms with Crippen molar-refractivity contribution in [1.29, 1.82) is 0 Å². The minimum absolute atomic E-state index is 0.281. The number of aromatic nitrogens is 3. The van der Waals surface area contributed by atoms with E-state index in [1.54, 1.807) is 7.11 Å². The fourth-order valence-electron chi connectivity index (χ4n) is 2.06. The minimum atomic E-state index is -0.281. The second-order valence-electron chi connectivity index (χ2n) is 6.54. The maximum Gasteiger partial charge on any atom is 0.192 e. The number of aryl methyl sites for hydroxylation is 1. The van der Waals surface area contributed by atoms with E-state index in [9.17, 15) is 0 Å². The summed E-state index contributed by atoms with van der Waals surface area (Å²) in [5.74, 6) is 2.46. The highest BCUT2D eigenvalue weighted by molar-refractivity contribution is 5.79. The first-order chi connectivity index (χ1) is 11.9. The molecule has 2 aromatic rings. The lowest BCUT2D eigenvalue weighted by Crippen LogP contribution is -2.45. The maximum atomic E-state index is 5.46. The molecule has 2 rings (SSSR count). The Morgan fingerprint density at radius 3 is 2.52 bits per heavy atom. The van der Waals surface area contributed by atoms with E-state index in [-0.39, 0.29) is 5.60 Å². The monoisotopic (exact) mass is 344 g/mol. The van der Waals surface area contributed by atoms with Gasteiger partial charge in [-0.05, 0) is 26.3 Å². The first kappa shape index (κ1) is 18.9. The second kappa shape index (κ2) is 8.62. The van der Waals surface area contributed by atoms with E-state index in [0.29, 0.717) is 19.6 Å². The molecule has 7 nitrogen and oxygen atoms in total. The average Bonchev–Trinajstić information content (AvgIpc) is 2.94. The van der Waals surface area contributed by atoms with E-state index in [2.05, 4.69) is 38.0 Å². The van der Waals surface area contributed by atoms with Crippen LogP contribution in [0.2, 0.25) is 0 Å². The zero-order valence-corrected chi connectivity index (χ0v) is 15.7. The smallest absolute Gasteiger partial charge is 0.192 e. The van der Waals surface area contributed by atoms with Crippen molar-refractivity contribution in [2.75, 3.05) is 13.7 Å². The Bertz CT molecular complexity index is 693. The largest absolute Gasteiger partial charge is 0.377 e. The summed E-state index contributed by atoms with van der Waals surface area (Å²) in [6.07, 6.45) is 0. The molecular weight excluding hydrogens is 316 g/mol. The van der Waals surface area contributed by atoms with Crippen molar-refractivity contribution in [2.45, 2.75) is 39.5 Å². The van der Waals surface area contributed by atoms with Crippen molar-refractivity contribution in [3.8, 4) is 0 Å². The van der Waals surface area contributed by atoms with E-state index < -0.39 is 0 Å². The number of aliphatic imine (C=N–C) groups is 1. The first-order valence-corrected chi connectivity index (χ1v) is 8.37. The van der Waals surface area contributed by atoms with Crippen LogP contribution in [0.5, 0.6) is 0 Å². The predicted molar refractivity (Wildman–Crippen MR) is 99.3 cm³/mol. The third-order valence-electron chi connectivity index (χ3n) is 4.09. The molecular formula is C18H28N6O. The zero-order chi connectivity index (χ0) is 18.3. The highest BCUT2D eigenvalue weighted by Gasteiger charge is 2.17. The number of benzene rings is 1. The zero-order valence-electron chi connectivity index (χ0n) is 15.7. The first-order valence-electron chi connectivity index (χ1n) is 8.37. The van der Waals surface area contributed by atoms with Crippen LogP contribution in [0.3, 0.4) is 0 Å². The highest BCUT2D eigenvalue weighted by atomic mass is 16.5. The molecule has 0 unspecified atom stereocenters. The van der Waals surface area contributed by atoms with Crippen LogP contribution in [-0.4, -0.2) is 40.0 Å². The van der Waals surface area contributed by atoms with Gasteiger partial charge in [-0.3, -0.25) is 0 Å². The molecule has 0 amide bonds. The van der Waals surface area contributed by atoms with Crippen molar-refractivity contribution in [2.24, 2.45) is 12.0 Å². The van der Waals surface area contributed by atoms with Crippen molar-refractivity contribution < 1.29 is 4.74 Å². The summed E-state index contributed by atoms with van der Waals surface area (Å²) in [6, 6.07) is 10.2. The molecule has 0 bridgehead atoms. The van der Waals surface area contributed by atoms with Gasteiger partial charge in [0.2, 0.25) is 0 Å². The van der Waals surface area contributed by atoms with E-state index in [4.69, 9.17) is 4.74 Å². The lowest BCUT2D eigenvalue weighted by molar-refractivity contribution is 0.0268. The lowest BCUT2D eigenvalue weighted by atomic mass is 10.1. The topological polar surface area (TPSA) is 76.4 Å². The molecule has 0 aliphatic rings. The molecule has 7 heteroatoms. The van der Waals surface area contributed by atoms with Crippen molar-refractivity contribution in [1.82, 2.24) is 25.4 Å². The average molecular weight is 344 g/mol. The molecule has 2 N–H and O–H groups in total. The van der Waals surface area contributed by atoms with Crippen molar-refractivity contribution in [3.63, 3.8) is 0 Å². The number of ether oxygens (including phenoxy) is 1. The predicted octanol–water partition coefficient (Wildman–Crippen LogP) is 1.78. The number of hydrogen-bond donors (Lipinski definition) is 2. The van der Waals surface area contributed by atoms with E-state index >= 15 is 0 Å². The van der Waals surface area contributed by atoms with Crippen LogP contribution in [0, 0.1) is 6.92 Å². The molecule has 136 valence electrons. The highest BCUT2D eigenvalue weighted by Crippen LogP contribution is 2.05. The van der Waals surface area contributed by atoms with Gasteiger partial charge >= 0.3 is 0 Å².